The minimum atomic E-state index is -0.363. The van der Waals surface area contributed by atoms with Gasteiger partial charge >= 0.3 is 0 Å². The molecule has 2 aromatic carbocycles. The first kappa shape index (κ1) is 23.6. The van der Waals surface area contributed by atoms with Crippen molar-refractivity contribution in [3.63, 3.8) is 0 Å². The number of aryl methyl sites for hydroxylation is 1. The number of nitrogens with zero attached hydrogens (tertiary/aromatic N) is 3. The molecule has 0 aliphatic carbocycles. The van der Waals surface area contributed by atoms with Gasteiger partial charge in [0.15, 0.2) is 11.0 Å². The summed E-state index contributed by atoms with van der Waals surface area (Å²) in [5.74, 6) is 0.443. The molecule has 1 heterocycles. The second-order valence-corrected chi connectivity index (χ2v) is 9.52. The largest absolute Gasteiger partial charge is 0.342 e. The first-order valence-electron chi connectivity index (χ1n) is 9.39. The minimum Gasteiger partial charge on any atom is -0.342 e. The molecule has 1 aromatic heterocycles. The summed E-state index contributed by atoms with van der Waals surface area (Å²) in [5.41, 5.74) is 2.32. The number of anilines is 1. The number of carbonyl (C=O) groups is 2. The summed E-state index contributed by atoms with van der Waals surface area (Å²) < 4.78 is 2.90. The van der Waals surface area contributed by atoms with Gasteiger partial charge in [-0.25, -0.2) is 0 Å². The SMILES string of the molecule is Cc1cc(I)ccc1NC(=O)CSc1nnc([C@@H](C)NC(=O)c2ccc(Cl)cc2)n1C. The molecule has 2 N–H and O–H groups in total. The maximum atomic E-state index is 12.4. The van der Waals surface area contributed by atoms with Gasteiger partial charge in [-0.05, 0) is 84.5 Å². The fraction of sp³-hybridized carbons (Fsp3) is 0.238. The highest BCUT2D eigenvalue weighted by Crippen LogP contribution is 2.21. The summed E-state index contributed by atoms with van der Waals surface area (Å²) >= 11 is 9.39. The molecule has 1 atom stereocenters. The molecule has 0 unspecified atom stereocenters. The van der Waals surface area contributed by atoms with Crippen LogP contribution < -0.4 is 10.6 Å². The first-order chi connectivity index (χ1) is 14.7. The minimum absolute atomic E-state index is 0.122. The normalized spacial score (nSPS) is 11.8. The average Bonchev–Trinajstić information content (AvgIpc) is 3.09. The predicted molar refractivity (Wildman–Crippen MR) is 132 cm³/mol. The van der Waals surface area contributed by atoms with Crippen molar-refractivity contribution in [2.45, 2.75) is 25.0 Å². The van der Waals surface area contributed by atoms with Crippen LogP contribution in [0.1, 0.15) is 34.7 Å². The second kappa shape index (κ2) is 10.5. The summed E-state index contributed by atoms with van der Waals surface area (Å²) in [6, 6.07) is 12.2. The van der Waals surface area contributed by atoms with Crippen molar-refractivity contribution in [3.8, 4) is 0 Å². The fourth-order valence-electron chi connectivity index (χ4n) is 2.86. The first-order valence-corrected chi connectivity index (χ1v) is 11.8. The van der Waals surface area contributed by atoms with Gasteiger partial charge in [0, 0.05) is 26.9 Å². The van der Waals surface area contributed by atoms with Gasteiger partial charge < -0.3 is 15.2 Å². The Labute approximate surface area is 203 Å². The molecular formula is C21H21ClIN5O2S. The highest BCUT2D eigenvalue weighted by atomic mass is 127. The molecule has 162 valence electrons. The number of aromatic nitrogens is 3. The second-order valence-electron chi connectivity index (χ2n) is 6.90. The zero-order valence-corrected chi connectivity index (χ0v) is 20.9. The summed E-state index contributed by atoms with van der Waals surface area (Å²) in [7, 11) is 1.81. The summed E-state index contributed by atoms with van der Waals surface area (Å²) in [4.78, 5) is 24.8. The van der Waals surface area contributed by atoms with E-state index >= 15 is 0 Å². The number of hydrogen-bond acceptors (Lipinski definition) is 5. The Morgan fingerprint density at radius 1 is 1.19 bits per heavy atom. The number of nitrogens with one attached hydrogen (secondary N) is 2. The molecule has 3 aromatic rings. The van der Waals surface area contributed by atoms with E-state index in [0.717, 1.165) is 14.8 Å². The van der Waals surface area contributed by atoms with Gasteiger partial charge in [0.2, 0.25) is 5.91 Å². The van der Waals surface area contributed by atoms with Gasteiger partial charge in [-0.15, -0.1) is 10.2 Å². The van der Waals surface area contributed by atoms with Gasteiger partial charge in [0.05, 0.1) is 11.8 Å². The number of thioether (sulfide) groups is 1. The molecule has 31 heavy (non-hydrogen) atoms. The number of carbonyl (C=O) groups excluding carboxylic acids is 2. The molecule has 0 bridgehead atoms. The van der Waals surface area contributed by atoms with Crippen LogP contribution in [0.25, 0.3) is 0 Å². The van der Waals surface area contributed by atoms with Gasteiger partial charge in [-0.3, -0.25) is 9.59 Å². The van der Waals surface area contributed by atoms with Gasteiger partial charge in [0.25, 0.3) is 5.91 Å². The molecule has 2 amide bonds. The lowest BCUT2D eigenvalue weighted by atomic mass is 10.2. The molecule has 0 aliphatic rings. The molecule has 7 nitrogen and oxygen atoms in total. The molecule has 0 radical (unpaired) electrons. The fourth-order valence-corrected chi connectivity index (χ4v) is 4.35. The number of amides is 2. The van der Waals surface area contributed by atoms with Crippen LogP contribution in [0.15, 0.2) is 47.6 Å². The van der Waals surface area contributed by atoms with Crippen molar-refractivity contribution in [1.29, 1.82) is 0 Å². The third kappa shape index (κ3) is 6.20. The van der Waals surface area contributed by atoms with E-state index in [-0.39, 0.29) is 23.6 Å². The van der Waals surface area contributed by atoms with E-state index in [1.165, 1.54) is 11.8 Å². The Morgan fingerprint density at radius 3 is 2.58 bits per heavy atom. The molecule has 0 aliphatic heterocycles. The molecule has 10 heteroatoms. The van der Waals surface area contributed by atoms with Gasteiger partial charge in [-0.1, -0.05) is 23.4 Å². The highest BCUT2D eigenvalue weighted by molar-refractivity contribution is 14.1. The average molecular weight is 570 g/mol. The van der Waals surface area contributed by atoms with Crippen molar-refractivity contribution in [3.05, 3.63) is 68.0 Å². The molecular weight excluding hydrogens is 549 g/mol. The number of benzene rings is 2. The topological polar surface area (TPSA) is 88.9 Å². The van der Waals surface area contributed by atoms with Crippen molar-refractivity contribution in [1.82, 2.24) is 20.1 Å². The van der Waals surface area contributed by atoms with Crippen LogP contribution in [-0.2, 0) is 11.8 Å². The summed E-state index contributed by atoms with van der Waals surface area (Å²) in [5, 5.41) is 15.3. The summed E-state index contributed by atoms with van der Waals surface area (Å²) in [6.45, 7) is 3.79. The predicted octanol–water partition coefficient (Wildman–Crippen LogP) is 4.60. The zero-order chi connectivity index (χ0) is 22.5. The van der Waals surface area contributed by atoms with E-state index in [4.69, 9.17) is 11.6 Å². The standard InChI is InChI=1S/C21H21ClIN5O2S/c1-12-10-16(23)8-9-17(12)25-18(29)11-31-21-27-26-19(28(21)3)13(2)24-20(30)14-4-6-15(22)7-5-14/h4-10,13H,11H2,1-3H3,(H,24,30)(H,25,29)/t13-/m1/s1. The van der Waals surface area contributed by atoms with E-state index in [0.29, 0.717) is 21.6 Å². The van der Waals surface area contributed by atoms with Gasteiger partial charge in [0.1, 0.15) is 0 Å². The van der Waals surface area contributed by atoms with E-state index in [1.54, 1.807) is 28.8 Å². The van der Waals surface area contributed by atoms with Crippen LogP contribution >= 0.6 is 46.0 Å². The van der Waals surface area contributed by atoms with Crippen molar-refractivity contribution >= 4 is 63.5 Å². The Kier molecular flexibility index (Phi) is 7.95. The number of halogens is 2. The van der Waals surface area contributed by atoms with Crippen LogP contribution in [0.3, 0.4) is 0 Å². The van der Waals surface area contributed by atoms with Crippen molar-refractivity contribution in [2.75, 3.05) is 11.1 Å². The van der Waals surface area contributed by atoms with Crippen molar-refractivity contribution < 1.29 is 9.59 Å². The smallest absolute Gasteiger partial charge is 0.251 e. The van der Waals surface area contributed by atoms with Crippen LogP contribution in [0.2, 0.25) is 5.02 Å². The maximum absolute atomic E-state index is 12.4. The molecule has 0 fully saturated rings. The van der Waals surface area contributed by atoms with E-state index in [2.05, 4.69) is 43.4 Å². The lowest BCUT2D eigenvalue weighted by molar-refractivity contribution is -0.113. The Bertz CT molecular complexity index is 1100. The lowest BCUT2D eigenvalue weighted by Gasteiger charge is -2.13. The monoisotopic (exact) mass is 569 g/mol. The molecule has 0 saturated heterocycles. The zero-order valence-electron chi connectivity index (χ0n) is 17.1. The van der Waals surface area contributed by atoms with Gasteiger partial charge in [-0.2, -0.15) is 0 Å². The Balaban J connectivity index is 1.58. The highest BCUT2D eigenvalue weighted by Gasteiger charge is 2.19. The molecule has 0 spiro atoms. The van der Waals surface area contributed by atoms with Crippen LogP contribution in [0.5, 0.6) is 0 Å². The third-order valence-corrected chi connectivity index (χ3v) is 6.45. The molecule has 3 rings (SSSR count). The number of rotatable bonds is 7. The summed E-state index contributed by atoms with van der Waals surface area (Å²) in [6.07, 6.45) is 0. The quantitative estimate of drug-likeness (QED) is 0.321. The van der Waals surface area contributed by atoms with Crippen LogP contribution in [-0.4, -0.2) is 32.3 Å². The maximum Gasteiger partial charge on any atom is 0.251 e. The third-order valence-electron chi connectivity index (χ3n) is 4.50. The van der Waals surface area contributed by atoms with E-state index < -0.39 is 0 Å². The Hall–Kier alpha value is -2.11. The number of hydrogen-bond donors (Lipinski definition) is 2. The van der Waals surface area contributed by atoms with E-state index in [9.17, 15) is 9.59 Å². The van der Waals surface area contributed by atoms with Crippen molar-refractivity contribution in [2.24, 2.45) is 7.05 Å². The van der Waals surface area contributed by atoms with Crippen LogP contribution in [0.4, 0.5) is 5.69 Å². The van der Waals surface area contributed by atoms with Crippen LogP contribution in [0, 0.1) is 10.5 Å². The lowest BCUT2D eigenvalue weighted by Crippen LogP contribution is -2.28. The Morgan fingerprint density at radius 2 is 1.90 bits per heavy atom. The van der Waals surface area contributed by atoms with E-state index in [1.807, 2.05) is 39.1 Å². The molecule has 0 saturated carbocycles.